The highest BCUT2D eigenvalue weighted by Crippen LogP contribution is 2.22. The summed E-state index contributed by atoms with van der Waals surface area (Å²) in [6, 6.07) is 3.48. The van der Waals surface area contributed by atoms with Gasteiger partial charge in [-0.3, -0.25) is 0 Å². The Morgan fingerprint density at radius 2 is 1.89 bits per heavy atom. The van der Waals surface area contributed by atoms with E-state index in [1.54, 1.807) is 0 Å². The molecule has 7 heteroatoms. The lowest BCUT2D eigenvalue weighted by molar-refractivity contribution is 0.581. The van der Waals surface area contributed by atoms with E-state index in [1.807, 2.05) is 11.5 Å². The quantitative estimate of drug-likeness (QED) is 0.854. The highest BCUT2D eigenvalue weighted by molar-refractivity contribution is 7.98. The molecule has 0 spiro atoms. The van der Waals surface area contributed by atoms with Gasteiger partial charge in [0.1, 0.15) is 17.5 Å². The fourth-order valence-electron chi connectivity index (χ4n) is 1.70. The van der Waals surface area contributed by atoms with Crippen LogP contribution in [0.1, 0.15) is 11.4 Å². The molecule has 0 unspecified atom stereocenters. The largest absolute Gasteiger partial charge is 0.329 e. The Labute approximate surface area is 114 Å². The third kappa shape index (κ3) is 3.51. The Kier molecular flexibility index (Phi) is 4.49. The van der Waals surface area contributed by atoms with Crippen molar-refractivity contribution in [3.63, 3.8) is 0 Å². The molecule has 0 radical (unpaired) electrons. The first-order chi connectivity index (χ1) is 9.10. The first-order valence-corrected chi connectivity index (χ1v) is 6.76. The van der Waals surface area contributed by atoms with Crippen LogP contribution in [0.4, 0.5) is 8.78 Å². The van der Waals surface area contributed by atoms with Crippen molar-refractivity contribution in [2.45, 2.75) is 24.4 Å². The number of aromatic nitrogens is 3. The van der Waals surface area contributed by atoms with Crippen molar-refractivity contribution in [3.05, 3.63) is 41.2 Å². The highest BCUT2D eigenvalue weighted by Gasteiger charge is 2.09. The lowest BCUT2D eigenvalue weighted by Gasteiger charge is -2.06. The summed E-state index contributed by atoms with van der Waals surface area (Å²) >= 11 is 1.38. The molecule has 0 aliphatic heterocycles. The lowest BCUT2D eigenvalue weighted by Crippen LogP contribution is -2.12. The fraction of sp³-hybridized carbons (Fsp3) is 0.333. The smallest absolute Gasteiger partial charge is 0.191 e. The maximum atomic E-state index is 13.1. The van der Waals surface area contributed by atoms with Crippen LogP contribution in [0, 0.1) is 18.6 Å². The van der Waals surface area contributed by atoms with Gasteiger partial charge >= 0.3 is 0 Å². The average molecular weight is 284 g/mol. The molecule has 1 heterocycles. The molecule has 0 bridgehead atoms. The SMILES string of the molecule is Cc1nnc(SCc2cc(F)cc(F)c2)n1CCN. The molecule has 0 saturated heterocycles. The zero-order valence-corrected chi connectivity index (χ0v) is 11.3. The Morgan fingerprint density at radius 3 is 2.53 bits per heavy atom. The van der Waals surface area contributed by atoms with Crippen LogP contribution in [-0.4, -0.2) is 21.3 Å². The lowest BCUT2D eigenvalue weighted by atomic mass is 10.2. The zero-order valence-electron chi connectivity index (χ0n) is 10.4. The van der Waals surface area contributed by atoms with Crippen molar-refractivity contribution in [2.24, 2.45) is 5.73 Å². The topological polar surface area (TPSA) is 56.7 Å². The van der Waals surface area contributed by atoms with Crippen LogP contribution in [-0.2, 0) is 12.3 Å². The molecule has 2 N–H and O–H groups in total. The second-order valence-electron chi connectivity index (χ2n) is 4.04. The van der Waals surface area contributed by atoms with Crippen LogP contribution in [0.25, 0.3) is 0 Å². The Bertz CT molecular complexity index is 551. The van der Waals surface area contributed by atoms with Crippen molar-refractivity contribution in [1.82, 2.24) is 14.8 Å². The van der Waals surface area contributed by atoms with E-state index in [2.05, 4.69) is 10.2 Å². The summed E-state index contributed by atoms with van der Waals surface area (Å²) in [4.78, 5) is 0. The van der Waals surface area contributed by atoms with E-state index in [-0.39, 0.29) is 0 Å². The molecule has 19 heavy (non-hydrogen) atoms. The number of thioether (sulfide) groups is 1. The van der Waals surface area contributed by atoms with Gasteiger partial charge in [-0.2, -0.15) is 0 Å². The predicted octanol–water partition coefficient (Wildman–Crippen LogP) is 2.12. The van der Waals surface area contributed by atoms with Crippen LogP contribution in [0.3, 0.4) is 0 Å². The van der Waals surface area contributed by atoms with Crippen molar-refractivity contribution < 1.29 is 8.78 Å². The summed E-state index contributed by atoms with van der Waals surface area (Å²) in [5, 5.41) is 8.70. The zero-order chi connectivity index (χ0) is 13.8. The van der Waals surface area contributed by atoms with E-state index in [4.69, 9.17) is 5.73 Å². The van der Waals surface area contributed by atoms with Gasteiger partial charge in [-0.05, 0) is 24.6 Å². The molecule has 0 amide bonds. The van der Waals surface area contributed by atoms with E-state index in [0.717, 1.165) is 11.9 Å². The van der Waals surface area contributed by atoms with E-state index in [1.165, 1.54) is 23.9 Å². The second-order valence-corrected chi connectivity index (χ2v) is 4.98. The Morgan fingerprint density at radius 1 is 1.21 bits per heavy atom. The minimum Gasteiger partial charge on any atom is -0.329 e. The van der Waals surface area contributed by atoms with Crippen LogP contribution >= 0.6 is 11.8 Å². The summed E-state index contributed by atoms with van der Waals surface area (Å²) in [6.07, 6.45) is 0. The van der Waals surface area contributed by atoms with Crippen LogP contribution in [0.2, 0.25) is 0 Å². The molecule has 1 aromatic heterocycles. The van der Waals surface area contributed by atoms with E-state index in [9.17, 15) is 8.78 Å². The van der Waals surface area contributed by atoms with Crippen molar-refractivity contribution in [2.75, 3.05) is 6.54 Å². The van der Waals surface area contributed by atoms with Gasteiger partial charge in [-0.1, -0.05) is 11.8 Å². The molecule has 102 valence electrons. The number of halogens is 2. The normalized spacial score (nSPS) is 10.9. The fourth-order valence-corrected chi connectivity index (χ4v) is 2.64. The molecule has 2 rings (SSSR count). The van der Waals surface area contributed by atoms with Crippen molar-refractivity contribution >= 4 is 11.8 Å². The maximum absolute atomic E-state index is 13.1. The number of rotatable bonds is 5. The third-order valence-corrected chi connectivity index (χ3v) is 3.58. The molecule has 4 nitrogen and oxygen atoms in total. The molecule has 1 aromatic carbocycles. The Balaban J connectivity index is 2.10. The molecule has 0 fully saturated rings. The minimum absolute atomic E-state index is 0.428. The van der Waals surface area contributed by atoms with Gasteiger partial charge in [0.2, 0.25) is 0 Å². The van der Waals surface area contributed by atoms with Crippen LogP contribution in [0.5, 0.6) is 0 Å². The van der Waals surface area contributed by atoms with Crippen molar-refractivity contribution in [3.8, 4) is 0 Å². The number of hydrogen-bond acceptors (Lipinski definition) is 4. The van der Waals surface area contributed by atoms with E-state index in [0.29, 0.717) is 29.6 Å². The summed E-state index contributed by atoms with van der Waals surface area (Å²) in [5.41, 5.74) is 6.09. The predicted molar refractivity (Wildman–Crippen MR) is 69.7 cm³/mol. The first-order valence-electron chi connectivity index (χ1n) is 5.78. The van der Waals surface area contributed by atoms with Gasteiger partial charge in [0.05, 0.1) is 0 Å². The van der Waals surface area contributed by atoms with Crippen LogP contribution < -0.4 is 5.73 Å². The molecule has 2 aromatic rings. The van der Waals surface area contributed by atoms with Gasteiger partial charge in [0.15, 0.2) is 5.16 Å². The molecule has 0 atom stereocenters. The van der Waals surface area contributed by atoms with Crippen molar-refractivity contribution in [1.29, 1.82) is 0 Å². The molecular formula is C12H14F2N4S. The second kappa shape index (κ2) is 6.12. The minimum atomic E-state index is -0.574. The monoisotopic (exact) mass is 284 g/mol. The third-order valence-electron chi connectivity index (χ3n) is 2.54. The van der Waals surface area contributed by atoms with Gasteiger partial charge in [0, 0.05) is 24.9 Å². The molecule has 0 aliphatic rings. The summed E-state index contributed by atoms with van der Waals surface area (Å²) in [7, 11) is 0. The number of nitrogens with two attached hydrogens (primary N) is 1. The standard InChI is InChI=1S/C12H14F2N4S/c1-8-16-17-12(18(8)3-2-15)19-7-9-4-10(13)6-11(14)5-9/h4-6H,2-3,7,15H2,1H3. The van der Waals surface area contributed by atoms with E-state index < -0.39 is 11.6 Å². The molecule has 0 aliphatic carbocycles. The maximum Gasteiger partial charge on any atom is 0.191 e. The number of nitrogens with zero attached hydrogens (tertiary/aromatic N) is 3. The highest BCUT2D eigenvalue weighted by atomic mass is 32.2. The summed E-state index contributed by atoms with van der Waals surface area (Å²) in [6.45, 7) is 2.95. The van der Waals surface area contributed by atoms with Gasteiger partial charge < -0.3 is 10.3 Å². The summed E-state index contributed by atoms with van der Waals surface area (Å²) < 4.78 is 28.0. The van der Waals surface area contributed by atoms with Crippen LogP contribution in [0.15, 0.2) is 23.4 Å². The summed E-state index contributed by atoms with van der Waals surface area (Å²) in [5.74, 6) is 0.0565. The number of benzene rings is 1. The van der Waals surface area contributed by atoms with Gasteiger partial charge in [-0.15, -0.1) is 10.2 Å². The van der Waals surface area contributed by atoms with E-state index >= 15 is 0 Å². The molecular weight excluding hydrogens is 270 g/mol. The number of aryl methyl sites for hydroxylation is 1. The Hall–Kier alpha value is -1.47. The molecule has 0 saturated carbocycles. The first kappa shape index (κ1) is 14.0. The average Bonchev–Trinajstić information content (AvgIpc) is 2.68. The van der Waals surface area contributed by atoms with Gasteiger partial charge in [-0.25, -0.2) is 8.78 Å². The number of hydrogen-bond donors (Lipinski definition) is 1. The van der Waals surface area contributed by atoms with Gasteiger partial charge in [0.25, 0.3) is 0 Å².